The molecule has 2 rings (SSSR count). The third-order valence-electron chi connectivity index (χ3n) is 3.21. The Hall–Kier alpha value is -0.910. The summed E-state index contributed by atoms with van der Waals surface area (Å²) in [5.74, 6) is -0.0635. The number of rotatable bonds is 3. The normalized spacial score (nSPS) is 23.1. The summed E-state index contributed by atoms with van der Waals surface area (Å²) in [5, 5.41) is 6.20. The second kappa shape index (κ2) is 5.82. The highest BCUT2D eigenvalue weighted by Gasteiger charge is 2.28. The molecule has 0 radical (unpaired) electrons. The van der Waals surface area contributed by atoms with Crippen molar-refractivity contribution < 1.29 is 9.53 Å². The summed E-state index contributed by atoms with van der Waals surface area (Å²) < 4.78 is 6.26. The Morgan fingerprint density at radius 1 is 1.50 bits per heavy atom. The van der Waals surface area contributed by atoms with Gasteiger partial charge in [-0.25, -0.2) is 0 Å². The maximum absolute atomic E-state index is 12.1. The van der Waals surface area contributed by atoms with E-state index >= 15 is 0 Å². The average molecular weight is 313 g/mol. The van der Waals surface area contributed by atoms with Crippen LogP contribution in [0.1, 0.15) is 15.9 Å². The van der Waals surface area contributed by atoms with Gasteiger partial charge in [-0.2, -0.15) is 0 Å². The lowest BCUT2D eigenvalue weighted by atomic mass is 10.1. The van der Waals surface area contributed by atoms with E-state index in [4.69, 9.17) is 4.74 Å². The van der Waals surface area contributed by atoms with Gasteiger partial charge in [-0.05, 0) is 24.6 Å². The van der Waals surface area contributed by atoms with Crippen molar-refractivity contribution in [2.24, 2.45) is 0 Å². The van der Waals surface area contributed by atoms with Crippen LogP contribution in [0.15, 0.2) is 22.7 Å². The van der Waals surface area contributed by atoms with E-state index in [1.165, 1.54) is 0 Å². The van der Waals surface area contributed by atoms with Crippen molar-refractivity contribution in [1.29, 1.82) is 0 Å². The molecule has 0 aromatic heterocycles. The van der Waals surface area contributed by atoms with Crippen molar-refractivity contribution in [3.63, 3.8) is 0 Å². The van der Waals surface area contributed by atoms with Crippen LogP contribution in [0.2, 0.25) is 0 Å². The molecule has 18 heavy (non-hydrogen) atoms. The lowest BCUT2D eigenvalue weighted by Gasteiger charge is -2.18. The quantitative estimate of drug-likeness (QED) is 0.889. The van der Waals surface area contributed by atoms with E-state index in [1.54, 1.807) is 7.11 Å². The van der Waals surface area contributed by atoms with Gasteiger partial charge in [0.15, 0.2) is 0 Å². The smallest absolute Gasteiger partial charge is 0.251 e. The predicted molar refractivity (Wildman–Crippen MR) is 73.8 cm³/mol. The molecule has 2 atom stereocenters. The number of carbonyl (C=O) groups is 1. The fourth-order valence-corrected chi connectivity index (χ4v) is 2.41. The number of nitrogens with one attached hydrogen (secondary N) is 2. The molecule has 1 amide bonds. The number of hydrogen-bond donors (Lipinski definition) is 2. The van der Waals surface area contributed by atoms with E-state index in [2.05, 4.69) is 26.6 Å². The molecule has 1 aliphatic heterocycles. The third kappa shape index (κ3) is 2.91. The van der Waals surface area contributed by atoms with E-state index in [9.17, 15) is 4.79 Å². The van der Waals surface area contributed by atoms with Gasteiger partial charge < -0.3 is 15.4 Å². The highest BCUT2D eigenvalue weighted by atomic mass is 79.9. The van der Waals surface area contributed by atoms with Crippen LogP contribution in [0.3, 0.4) is 0 Å². The summed E-state index contributed by atoms with van der Waals surface area (Å²) in [6, 6.07) is 5.64. The Kier molecular flexibility index (Phi) is 4.37. The van der Waals surface area contributed by atoms with Crippen LogP contribution in [0.4, 0.5) is 0 Å². The monoisotopic (exact) mass is 312 g/mol. The van der Waals surface area contributed by atoms with Gasteiger partial charge in [-0.3, -0.25) is 4.79 Å². The van der Waals surface area contributed by atoms with Gasteiger partial charge in [0, 0.05) is 30.2 Å². The summed E-state index contributed by atoms with van der Waals surface area (Å²) in [6.07, 6.45) is 0.0443. The second-order valence-corrected chi connectivity index (χ2v) is 5.33. The van der Waals surface area contributed by atoms with Gasteiger partial charge in [0.2, 0.25) is 0 Å². The van der Waals surface area contributed by atoms with Gasteiger partial charge in [-0.1, -0.05) is 22.0 Å². The standard InChI is InChI=1S/C13H17BrN2O2/c1-8-3-4-9(5-10(8)14)13(17)16-11-6-15-7-12(11)18-2/h3-5,11-12,15H,6-7H2,1-2H3,(H,16,17)/t11?,12-/m0/s1. The van der Waals surface area contributed by atoms with E-state index in [0.29, 0.717) is 5.56 Å². The van der Waals surface area contributed by atoms with Crippen LogP contribution in [-0.2, 0) is 4.74 Å². The molecule has 1 aliphatic rings. The molecule has 5 heteroatoms. The van der Waals surface area contributed by atoms with Crippen molar-refractivity contribution >= 4 is 21.8 Å². The second-order valence-electron chi connectivity index (χ2n) is 4.48. The first kappa shape index (κ1) is 13.5. The first-order valence-corrected chi connectivity index (χ1v) is 6.71. The zero-order valence-electron chi connectivity index (χ0n) is 10.5. The summed E-state index contributed by atoms with van der Waals surface area (Å²) in [7, 11) is 1.67. The Morgan fingerprint density at radius 2 is 2.28 bits per heavy atom. The van der Waals surface area contributed by atoms with Gasteiger partial charge >= 0.3 is 0 Å². The van der Waals surface area contributed by atoms with Crippen LogP contribution in [0, 0.1) is 6.92 Å². The highest BCUT2D eigenvalue weighted by Crippen LogP contribution is 2.17. The molecule has 0 bridgehead atoms. The van der Waals surface area contributed by atoms with E-state index in [-0.39, 0.29) is 18.1 Å². The van der Waals surface area contributed by atoms with Gasteiger partial charge in [0.05, 0.1) is 12.1 Å². The molecule has 0 aliphatic carbocycles. The fraction of sp³-hybridized carbons (Fsp3) is 0.462. The number of ether oxygens (including phenoxy) is 1. The molecule has 1 heterocycles. The van der Waals surface area contributed by atoms with E-state index in [1.807, 2.05) is 25.1 Å². The predicted octanol–water partition coefficient (Wildman–Crippen LogP) is 1.47. The van der Waals surface area contributed by atoms with Crippen LogP contribution in [-0.4, -0.2) is 38.3 Å². The average Bonchev–Trinajstić information content (AvgIpc) is 2.79. The van der Waals surface area contributed by atoms with Gasteiger partial charge in [0.1, 0.15) is 0 Å². The van der Waals surface area contributed by atoms with Gasteiger partial charge in [0.25, 0.3) is 5.91 Å². The SMILES string of the molecule is CO[C@H]1CNCC1NC(=O)c1ccc(C)c(Br)c1. The molecule has 98 valence electrons. The minimum absolute atomic E-state index is 0.0302. The zero-order chi connectivity index (χ0) is 13.1. The number of benzene rings is 1. The summed E-state index contributed by atoms with van der Waals surface area (Å²) >= 11 is 3.44. The molecule has 1 aromatic rings. The van der Waals surface area contributed by atoms with Crippen molar-refractivity contribution in [2.45, 2.75) is 19.1 Å². The van der Waals surface area contributed by atoms with Crippen LogP contribution < -0.4 is 10.6 Å². The lowest BCUT2D eigenvalue weighted by Crippen LogP contribution is -2.43. The maximum atomic E-state index is 12.1. The summed E-state index contributed by atoms with van der Waals surface area (Å²) in [5.41, 5.74) is 1.78. The number of methoxy groups -OCH3 is 1. The molecule has 1 aromatic carbocycles. The van der Waals surface area contributed by atoms with E-state index < -0.39 is 0 Å². The van der Waals surface area contributed by atoms with Crippen LogP contribution in [0.5, 0.6) is 0 Å². The lowest BCUT2D eigenvalue weighted by molar-refractivity contribution is 0.0780. The fourth-order valence-electron chi connectivity index (χ4n) is 2.03. The molecule has 0 spiro atoms. The Bertz CT molecular complexity index is 451. The third-order valence-corrected chi connectivity index (χ3v) is 4.07. The molecule has 2 N–H and O–H groups in total. The molecular formula is C13H17BrN2O2. The molecule has 1 saturated heterocycles. The topological polar surface area (TPSA) is 50.4 Å². The summed E-state index contributed by atoms with van der Waals surface area (Å²) in [6.45, 7) is 3.52. The molecule has 0 saturated carbocycles. The minimum Gasteiger partial charge on any atom is -0.378 e. The highest BCUT2D eigenvalue weighted by molar-refractivity contribution is 9.10. The van der Waals surface area contributed by atoms with Crippen molar-refractivity contribution in [1.82, 2.24) is 10.6 Å². The van der Waals surface area contributed by atoms with Crippen LogP contribution in [0.25, 0.3) is 0 Å². The maximum Gasteiger partial charge on any atom is 0.251 e. The molecule has 4 nitrogen and oxygen atoms in total. The molecule has 1 unspecified atom stereocenters. The molecular weight excluding hydrogens is 296 g/mol. The molecule has 1 fully saturated rings. The number of halogens is 1. The Balaban J connectivity index is 2.05. The van der Waals surface area contributed by atoms with Crippen molar-refractivity contribution in [3.05, 3.63) is 33.8 Å². The van der Waals surface area contributed by atoms with E-state index in [0.717, 1.165) is 23.1 Å². The Labute approximate surface area is 115 Å². The first-order chi connectivity index (χ1) is 8.61. The number of aryl methyl sites for hydroxylation is 1. The van der Waals surface area contributed by atoms with Crippen molar-refractivity contribution in [3.8, 4) is 0 Å². The number of amides is 1. The summed E-state index contributed by atoms with van der Waals surface area (Å²) in [4.78, 5) is 12.1. The van der Waals surface area contributed by atoms with Crippen molar-refractivity contribution in [2.75, 3.05) is 20.2 Å². The minimum atomic E-state index is -0.0635. The zero-order valence-corrected chi connectivity index (χ0v) is 12.1. The number of hydrogen-bond acceptors (Lipinski definition) is 3. The number of carbonyl (C=O) groups excluding carboxylic acids is 1. The Morgan fingerprint density at radius 3 is 2.94 bits per heavy atom. The van der Waals surface area contributed by atoms with Crippen LogP contribution >= 0.6 is 15.9 Å². The first-order valence-electron chi connectivity index (χ1n) is 5.92. The largest absolute Gasteiger partial charge is 0.378 e. The van der Waals surface area contributed by atoms with Gasteiger partial charge in [-0.15, -0.1) is 0 Å².